The lowest BCUT2D eigenvalue weighted by Gasteiger charge is -2.21. The minimum absolute atomic E-state index is 0.0751. The van der Waals surface area contributed by atoms with Crippen LogP contribution in [0.5, 0.6) is 0 Å². The Kier molecular flexibility index (Phi) is 7.65. The first kappa shape index (κ1) is 19.2. The van der Waals surface area contributed by atoms with Gasteiger partial charge in [0.25, 0.3) is 0 Å². The van der Waals surface area contributed by atoms with Crippen LogP contribution in [0, 0.1) is 0 Å². The third kappa shape index (κ3) is 6.00. The fourth-order valence-corrected chi connectivity index (χ4v) is 2.64. The smallest absolute Gasteiger partial charge is 0.217 e. The van der Waals surface area contributed by atoms with Gasteiger partial charge in [-0.05, 0) is 24.3 Å². The van der Waals surface area contributed by atoms with Crippen molar-refractivity contribution in [2.24, 2.45) is 21.7 Å². The number of azo groups is 1. The quantitative estimate of drug-likeness (QED) is 0.548. The van der Waals surface area contributed by atoms with Crippen LogP contribution in [0.4, 0.5) is 11.4 Å². The van der Waals surface area contributed by atoms with Crippen LogP contribution >= 0.6 is 0 Å². The van der Waals surface area contributed by atoms with Crippen molar-refractivity contribution in [2.45, 2.75) is 6.29 Å². The topological polar surface area (TPSA) is 98.5 Å². The molecular formula is C17H30N8. The molecule has 0 radical (unpaired) electrons. The molecule has 0 aliphatic carbocycles. The monoisotopic (exact) mass is 346 g/mol. The molecule has 2 rings (SSSR count). The fourth-order valence-electron chi connectivity index (χ4n) is 2.64. The molecule has 0 aromatic heterocycles. The number of hydrogen-bond donors (Lipinski definition) is 3. The van der Waals surface area contributed by atoms with Gasteiger partial charge < -0.3 is 26.6 Å². The Morgan fingerprint density at radius 2 is 1.60 bits per heavy atom. The molecule has 1 aliphatic heterocycles. The van der Waals surface area contributed by atoms with Crippen LogP contribution in [-0.4, -0.2) is 74.4 Å². The minimum Gasteiger partial charge on any atom is -0.384 e. The number of benzene rings is 1. The van der Waals surface area contributed by atoms with Crippen LogP contribution in [0.25, 0.3) is 0 Å². The summed E-state index contributed by atoms with van der Waals surface area (Å²) in [5.41, 5.74) is 13.1. The summed E-state index contributed by atoms with van der Waals surface area (Å²) in [4.78, 5) is 6.28. The van der Waals surface area contributed by atoms with E-state index in [1.54, 1.807) is 0 Å². The molecule has 1 aromatic rings. The van der Waals surface area contributed by atoms with Crippen LogP contribution in [0.15, 0.2) is 46.9 Å². The van der Waals surface area contributed by atoms with Crippen molar-refractivity contribution < 1.29 is 0 Å². The lowest BCUT2D eigenvalue weighted by Crippen LogP contribution is -2.37. The van der Waals surface area contributed by atoms with Crippen molar-refractivity contribution >= 4 is 11.4 Å². The molecule has 1 aromatic carbocycles. The van der Waals surface area contributed by atoms with Crippen molar-refractivity contribution in [3.05, 3.63) is 36.7 Å². The summed E-state index contributed by atoms with van der Waals surface area (Å²) in [5, 5.41) is 12.1. The van der Waals surface area contributed by atoms with E-state index in [9.17, 15) is 0 Å². The van der Waals surface area contributed by atoms with Crippen LogP contribution in [0.2, 0.25) is 0 Å². The van der Waals surface area contributed by atoms with Crippen molar-refractivity contribution in [1.29, 1.82) is 0 Å². The second-order valence-corrected chi connectivity index (χ2v) is 6.08. The van der Waals surface area contributed by atoms with Gasteiger partial charge in [-0.3, -0.25) is 4.90 Å². The average molecular weight is 346 g/mol. The van der Waals surface area contributed by atoms with E-state index in [4.69, 9.17) is 11.5 Å². The second-order valence-electron chi connectivity index (χ2n) is 6.08. The Hall–Kier alpha value is -2.16. The largest absolute Gasteiger partial charge is 0.384 e. The molecule has 25 heavy (non-hydrogen) atoms. The Balaban J connectivity index is 1.79. The molecule has 1 aliphatic rings. The molecule has 1 heterocycles. The lowest BCUT2D eigenvalue weighted by atomic mass is 10.3. The van der Waals surface area contributed by atoms with E-state index in [1.165, 1.54) is 0 Å². The van der Waals surface area contributed by atoms with E-state index in [2.05, 4.69) is 20.4 Å². The normalized spacial score (nSPS) is 15.1. The summed E-state index contributed by atoms with van der Waals surface area (Å²) in [6.07, 6.45) is 3.89. The molecule has 5 N–H and O–H groups in total. The third-order valence-corrected chi connectivity index (χ3v) is 4.06. The molecule has 0 bridgehead atoms. The summed E-state index contributed by atoms with van der Waals surface area (Å²) in [6.45, 7) is 4.82. The zero-order valence-corrected chi connectivity index (χ0v) is 15.2. The number of rotatable bonds is 10. The highest BCUT2D eigenvalue weighted by atomic mass is 15.5. The van der Waals surface area contributed by atoms with E-state index >= 15 is 0 Å². The Bertz CT molecular complexity index is 538. The van der Waals surface area contributed by atoms with Gasteiger partial charge in [-0.1, -0.05) is 0 Å². The molecule has 0 amide bonds. The number of nitrogens with two attached hydrogens (primary N) is 2. The summed E-state index contributed by atoms with van der Waals surface area (Å²) < 4.78 is 0. The SMILES string of the molecule is CN1C=CN(C)C1N=Nc1ccc(NCCN(CCN)CCN)cc1. The Morgan fingerprint density at radius 3 is 2.16 bits per heavy atom. The van der Waals surface area contributed by atoms with Crippen molar-refractivity contribution in [1.82, 2.24) is 14.7 Å². The fraction of sp³-hybridized carbons (Fsp3) is 0.529. The average Bonchev–Trinajstić information content (AvgIpc) is 2.93. The van der Waals surface area contributed by atoms with Gasteiger partial charge in [-0.25, -0.2) is 0 Å². The van der Waals surface area contributed by atoms with Crippen LogP contribution < -0.4 is 16.8 Å². The first-order valence-corrected chi connectivity index (χ1v) is 8.63. The first-order valence-electron chi connectivity index (χ1n) is 8.63. The van der Waals surface area contributed by atoms with E-state index in [0.717, 1.165) is 37.6 Å². The molecule has 0 saturated carbocycles. The highest BCUT2D eigenvalue weighted by Crippen LogP contribution is 2.19. The first-order chi connectivity index (χ1) is 12.1. The van der Waals surface area contributed by atoms with Gasteiger partial charge in [0.05, 0.1) is 5.69 Å². The number of hydrogen-bond acceptors (Lipinski definition) is 8. The molecule has 0 atom stereocenters. The van der Waals surface area contributed by atoms with Gasteiger partial charge in [0, 0.05) is 71.5 Å². The number of nitrogens with one attached hydrogen (secondary N) is 1. The van der Waals surface area contributed by atoms with E-state index < -0.39 is 0 Å². The predicted molar refractivity (Wildman–Crippen MR) is 102 cm³/mol. The van der Waals surface area contributed by atoms with E-state index in [1.807, 2.05) is 60.6 Å². The molecular weight excluding hydrogens is 316 g/mol. The van der Waals surface area contributed by atoms with Gasteiger partial charge in [0.1, 0.15) is 0 Å². The maximum atomic E-state index is 5.62. The zero-order valence-electron chi connectivity index (χ0n) is 15.2. The summed E-state index contributed by atoms with van der Waals surface area (Å²) in [7, 11) is 3.96. The molecule has 0 spiro atoms. The molecule has 0 unspecified atom stereocenters. The summed E-state index contributed by atoms with van der Waals surface area (Å²) in [5.74, 6) is 0. The zero-order chi connectivity index (χ0) is 18.1. The maximum absolute atomic E-state index is 5.62. The Labute approximate surface area is 150 Å². The van der Waals surface area contributed by atoms with Crippen LogP contribution in [0.1, 0.15) is 0 Å². The minimum atomic E-state index is -0.0751. The van der Waals surface area contributed by atoms with Gasteiger partial charge in [0.15, 0.2) is 0 Å². The second kappa shape index (κ2) is 9.97. The molecule has 138 valence electrons. The van der Waals surface area contributed by atoms with Gasteiger partial charge in [-0.15, -0.1) is 5.11 Å². The van der Waals surface area contributed by atoms with Gasteiger partial charge >= 0.3 is 0 Å². The molecule has 8 heteroatoms. The van der Waals surface area contributed by atoms with Crippen molar-refractivity contribution in [2.75, 3.05) is 58.7 Å². The van der Waals surface area contributed by atoms with Crippen molar-refractivity contribution in [3.8, 4) is 0 Å². The third-order valence-electron chi connectivity index (χ3n) is 4.06. The predicted octanol–water partition coefficient (Wildman–Crippen LogP) is 1.03. The highest BCUT2D eigenvalue weighted by Gasteiger charge is 2.19. The van der Waals surface area contributed by atoms with Gasteiger partial charge in [0.2, 0.25) is 6.29 Å². The van der Waals surface area contributed by atoms with Crippen LogP contribution in [-0.2, 0) is 0 Å². The molecule has 0 saturated heterocycles. The van der Waals surface area contributed by atoms with Crippen LogP contribution in [0.3, 0.4) is 0 Å². The Morgan fingerprint density at radius 1 is 1.00 bits per heavy atom. The van der Waals surface area contributed by atoms with E-state index in [0.29, 0.717) is 13.1 Å². The van der Waals surface area contributed by atoms with Gasteiger partial charge in [-0.2, -0.15) is 5.11 Å². The number of anilines is 1. The maximum Gasteiger partial charge on any atom is 0.217 e. The lowest BCUT2D eigenvalue weighted by molar-refractivity contribution is 0.206. The summed E-state index contributed by atoms with van der Waals surface area (Å²) >= 11 is 0. The highest BCUT2D eigenvalue weighted by molar-refractivity contribution is 5.50. The molecule has 8 nitrogen and oxygen atoms in total. The standard InChI is InChI=1S/C17H30N8/c1-23-13-14-24(2)17(23)22-21-16-5-3-15(4-6-16)20-9-12-25(10-7-18)11-8-19/h3-6,13-14,17,20H,7-12,18-19H2,1-2H3. The number of nitrogens with zero attached hydrogens (tertiary/aromatic N) is 5. The van der Waals surface area contributed by atoms with E-state index in [-0.39, 0.29) is 6.29 Å². The molecule has 0 fully saturated rings. The van der Waals surface area contributed by atoms with Crippen molar-refractivity contribution in [3.63, 3.8) is 0 Å². The summed E-state index contributed by atoms with van der Waals surface area (Å²) in [6, 6.07) is 7.97.